The first-order chi connectivity index (χ1) is 26.0. The van der Waals surface area contributed by atoms with Crippen LogP contribution in [-0.4, -0.2) is 126 Å². The number of ether oxygens (including phenoxy) is 2. The van der Waals surface area contributed by atoms with Gasteiger partial charge in [-0.25, -0.2) is 0 Å². The Balaban J connectivity index is 0.000000229. The number of aromatic hydroxyl groups is 1. The van der Waals surface area contributed by atoms with Crippen LogP contribution in [0.5, 0.6) is 11.5 Å². The van der Waals surface area contributed by atoms with Crippen molar-refractivity contribution in [2.24, 2.45) is 23.5 Å². The number of nitrogens with zero attached hydrogens (tertiary/aromatic N) is 2. The Labute approximate surface area is 322 Å². The highest BCUT2D eigenvalue weighted by Gasteiger charge is 2.63. The van der Waals surface area contributed by atoms with Gasteiger partial charge in [-0.2, -0.15) is 0 Å². The van der Waals surface area contributed by atoms with Gasteiger partial charge in [-0.3, -0.25) is 19.3 Å². The third-order valence-corrected chi connectivity index (χ3v) is 10.8. The monoisotopic (exact) mass is 764 g/mol. The number of hydrogen-bond donors (Lipinski definition) is 7. The molecule has 14 nitrogen and oxygen atoms in total. The van der Waals surface area contributed by atoms with Crippen molar-refractivity contribution in [1.82, 2.24) is 10.2 Å². The maximum absolute atomic E-state index is 13.5. The number of carbonyl (C=O) groups excluding carboxylic acids is 3. The number of Topliss-reactive ketones (excluding diaryl/α,β-unsaturated/α-hetero) is 2. The smallest absolute Gasteiger partial charge is 0.255 e. The van der Waals surface area contributed by atoms with Gasteiger partial charge < -0.3 is 51.0 Å². The zero-order valence-electron chi connectivity index (χ0n) is 32.5. The van der Waals surface area contributed by atoms with E-state index in [9.17, 15) is 39.9 Å². The van der Waals surface area contributed by atoms with Gasteiger partial charge in [0.05, 0.1) is 18.2 Å². The molecule has 4 aliphatic carbocycles. The first-order valence-corrected chi connectivity index (χ1v) is 18.8. The summed E-state index contributed by atoms with van der Waals surface area (Å²) in [6.07, 6.45) is 3.45. The summed E-state index contributed by atoms with van der Waals surface area (Å²) in [5, 5.41) is 56.9. The Morgan fingerprint density at radius 3 is 2.29 bits per heavy atom. The molecule has 5 atom stereocenters. The van der Waals surface area contributed by atoms with E-state index in [2.05, 4.69) is 31.3 Å². The molecule has 300 valence electrons. The number of amides is 1. The van der Waals surface area contributed by atoms with Gasteiger partial charge in [0, 0.05) is 50.5 Å². The number of phenolic OH excluding ortho intramolecular Hbond substituents is 1. The van der Waals surface area contributed by atoms with Crippen LogP contribution in [0.3, 0.4) is 0 Å². The number of nitrogens with one attached hydrogen (secondary N) is 1. The standard InChI is InChI=1S/C23H27N3O7.C18H29NO3/c1-25(2)12-5-6-13(27)15-10(12)7-9-8-11-17(26(3)4)19(29)16(22(24)32)21(31)23(11,33)20(30)14(9)18(15)28;1-14(2)19-11-17(20)13-22-18-7-5-15(6-8-18)9-10-21-12-16-3-4-16/h5-6,9,11,17,27,29-30,33H,7-8H2,1-4H3,(H2,24,32);5-8,14,16-17,19-20H,3-4,9-13H2,1-2H3/t9-,11-,17-,23-;/m0./s1. The number of carbonyl (C=O) groups is 3. The average Bonchev–Trinajstić information content (AvgIpc) is 3.95. The molecule has 1 amide bonds. The lowest BCUT2D eigenvalue weighted by molar-refractivity contribution is -0.148. The highest BCUT2D eigenvalue weighted by molar-refractivity contribution is 6.24. The molecular weight excluding hydrogens is 708 g/mol. The second-order valence-electron chi connectivity index (χ2n) is 15.8. The number of aliphatic hydroxyl groups is 4. The maximum atomic E-state index is 13.5. The molecule has 0 aromatic heterocycles. The van der Waals surface area contributed by atoms with E-state index in [4.69, 9.17) is 15.2 Å². The summed E-state index contributed by atoms with van der Waals surface area (Å²) in [7, 11) is 6.79. The summed E-state index contributed by atoms with van der Waals surface area (Å²) >= 11 is 0. The number of benzene rings is 2. The SMILES string of the molecule is CC(C)NCC(O)COc1ccc(CCOCC2CC2)cc1.CN(C)c1ccc(O)c2c1C[C@H]1C[C@H]3[C@H](N(C)C)C(O)=C(C(N)=O)C(=O)[C@@]3(O)C(O)=C1C2=O. The van der Waals surface area contributed by atoms with Gasteiger partial charge in [0.25, 0.3) is 5.91 Å². The number of hydrogen-bond acceptors (Lipinski definition) is 13. The van der Waals surface area contributed by atoms with E-state index in [0.717, 1.165) is 37.0 Å². The molecule has 0 aliphatic heterocycles. The minimum atomic E-state index is -2.63. The van der Waals surface area contributed by atoms with E-state index in [0.29, 0.717) is 24.8 Å². The third-order valence-electron chi connectivity index (χ3n) is 10.8. The molecule has 1 saturated carbocycles. The summed E-state index contributed by atoms with van der Waals surface area (Å²) in [4.78, 5) is 42.0. The van der Waals surface area contributed by atoms with Crippen molar-refractivity contribution in [1.29, 1.82) is 0 Å². The number of likely N-dealkylation sites (N-methyl/N-ethyl adjacent to an activating group) is 1. The summed E-state index contributed by atoms with van der Waals surface area (Å²) in [5.74, 6) is -4.91. The minimum Gasteiger partial charge on any atom is -0.510 e. The van der Waals surface area contributed by atoms with Crippen LogP contribution in [0.25, 0.3) is 0 Å². The molecule has 0 heterocycles. The fraction of sp³-hybridized carbons (Fsp3) is 0.537. The molecule has 1 unspecified atom stereocenters. The first-order valence-electron chi connectivity index (χ1n) is 18.8. The van der Waals surface area contributed by atoms with Gasteiger partial charge in [-0.15, -0.1) is 0 Å². The molecule has 0 radical (unpaired) electrons. The maximum Gasteiger partial charge on any atom is 0.255 e. The van der Waals surface area contributed by atoms with Crippen LogP contribution in [0, 0.1) is 17.8 Å². The average molecular weight is 765 g/mol. The number of phenols is 1. The molecule has 6 rings (SSSR count). The number of ketones is 2. The van der Waals surface area contributed by atoms with Gasteiger partial charge in [0.15, 0.2) is 11.4 Å². The lowest BCUT2D eigenvalue weighted by atomic mass is 9.58. The second kappa shape index (κ2) is 17.1. The van der Waals surface area contributed by atoms with Crippen LogP contribution in [0.2, 0.25) is 0 Å². The number of aliphatic hydroxyl groups excluding tert-OH is 3. The summed E-state index contributed by atoms with van der Waals surface area (Å²) in [5.41, 5.74) is 4.28. The number of fused-ring (bicyclic) bond motifs is 3. The number of rotatable bonds is 14. The molecule has 0 bridgehead atoms. The third kappa shape index (κ3) is 8.84. The van der Waals surface area contributed by atoms with Crippen molar-refractivity contribution in [3.63, 3.8) is 0 Å². The van der Waals surface area contributed by atoms with E-state index in [1.807, 2.05) is 12.1 Å². The molecule has 2 aromatic rings. The largest absolute Gasteiger partial charge is 0.510 e. The van der Waals surface area contributed by atoms with Crippen LogP contribution < -0.4 is 20.7 Å². The molecule has 1 fully saturated rings. The van der Waals surface area contributed by atoms with Crippen molar-refractivity contribution in [3.05, 3.63) is 75.8 Å². The predicted molar refractivity (Wildman–Crippen MR) is 206 cm³/mol. The first kappa shape index (κ1) is 41.7. The number of nitrogens with two attached hydrogens (primary N) is 1. The summed E-state index contributed by atoms with van der Waals surface area (Å²) < 4.78 is 11.2. The van der Waals surface area contributed by atoms with Crippen LogP contribution in [-0.2, 0) is 27.2 Å². The number of anilines is 1. The van der Waals surface area contributed by atoms with E-state index < -0.39 is 64.1 Å². The van der Waals surface area contributed by atoms with Crippen LogP contribution in [0.15, 0.2) is 59.1 Å². The van der Waals surface area contributed by atoms with Gasteiger partial charge >= 0.3 is 0 Å². The fourth-order valence-electron chi connectivity index (χ4n) is 7.75. The van der Waals surface area contributed by atoms with E-state index in [-0.39, 0.29) is 29.7 Å². The summed E-state index contributed by atoms with van der Waals surface area (Å²) in [6, 6.07) is 10.5. The number of allylic oxidation sites excluding steroid dienone is 1. The van der Waals surface area contributed by atoms with Gasteiger partial charge in [-0.05, 0) is 93.4 Å². The quantitative estimate of drug-likeness (QED) is 0.109. The highest BCUT2D eigenvalue weighted by atomic mass is 16.5. The fourth-order valence-corrected chi connectivity index (χ4v) is 7.75. The Kier molecular flexibility index (Phi) is 13.0. The van der Waals surface area contributed by atoms with Gasteiger partial charge in [0.1, 0.15) is 41.3 Å². The molecule has 55 heavy (non-hydrogen) atoms. The Morgan fingerprint density at radius 1 is 1.04 bits per heavy atom. The predicted octanol–water partition coefficient (Wildman–Crippen LogP) is 2.58. The second-order valence-corrected chi connectivity index (χ2v) is 15.8. The van der Waals surface area contributed by atoms with Crippen LogP contribution in [0.4, 0.5) is 5.69 Å². The zero-order valence-corrected chi connectivity index (χ0v) is 32.5. The minimum absolute atomic E-state index is 0.00184. The zero-order chi connectivity index (χ0) is 40.4. The molecular formula is C41H56N4O10. The Hall–Kier alpha value is -4.47. The normalized spacial score (nSPS) is 23.9. The van der Waals surface area contributed by atoms with Crippen molar-refractivity contribution in [2.45, 2.75) is 69.7 Å². The highest BCUT2D eigenvalue weighted by Crippen LogP contribution is 2.53. The van der Waals surface area contributed by atoms with Gasteiger partial charge in [-0.1, -0.05) is 26.0 Å². The Bertz CT molecular complexity index is 1820. The van der Waals surface area contributed by atoms with E-state index in [1.54, 1.807) is 39.2 Å². The van der Waals surface area contributed by atoms with Crippen molar-refractivity contribution < 1.29 is 49.4 Å². The molecule has 2 aromatic carbocycles. The summed E-state index contributed by atoms with van der Waals surface area (Å²) in [6.45, 7) is 6.68. The molecule has 8 N–H and O–H groups in total. The van der Waals surface area contributed by atoms with E-state index >= 15 is 0 Å². The van der Waals surface area contributed by atoms with E-state index in [1.165, 1.54) is 29.4 Å². The van der Waals surface area contributed by atoms with Crippen molar-refractivity contribution in [2.75, 3.05) is 59.5 Å². The molecule has 0 spiro atoms. The van der Waals surface area contributed by atoms with Gasteiger partial charge in [0.2, 0.25) is 5.78 Å². The molecule has 4 aliphatic rings. The lowest BCUT2D eigenvalue weighted by Crippen LogP contribution is -2.63. The molecule has 0 saturated heterocycles. The van der Waals surface area contributed by atoms with Crippen LogP contribution in [0.1, 0.15) is 54.6 Å². The van der Waals surface area contributed by atoms with Crippen molar-refractivity contribution in [3.8, 4) is 11.5 Å². The Morgan fingerprint density at radius 2 is 1.71 bits per heavy atom. The number of primary amides is 1. The lowest BCUT2D eigenvalue weighted by Gasteiger charge is -2.50. The van der Waals surface area contributed by atoms with Crippen molar-refractivity contribution >= 4 is 23.2 Å². The van der Waals surface area contributed by atoms with Crippen LogP contribution >= 0.6 is 0 Å². The topological polar surface area (TPSA) is 215 Å². The molecule has 14 heteroatoms.